The van der Waals surface area contributed by atoms with Gasteiger partial charge in [-0.25, -0.2) is 0 Å². The van der Waals surface area contributed by atoms with Gasteiger partial charge in [-0.3, -0.25) is 9.78 Å². The number of carbonyl (C=O) groups is 1. The monoisotopic (exact) mass is 372 g/mol. The summed E-state index contributed by atoms with van der Waals surface area (Å²) in [5.41, 5.74) is 2.15. The first-order valence-electron chi connectivity index (χ1n) is 8.85. The van der Waals surface area contributed by atoms with Crippen molar-refractivity contribution in [3.8, 4) is 0 Å². The summed E-state index contributed by atoms with van der Waals surface area (Å²) in [7, 11) is 1.42. The average Bonchev–Trinajstić information content (AvgIpc) is 3.26. The Labute approximate surface area is 159 Å². The molecule has 26 heavy (non-hydrogen) atoms. The molecule has 0 saturated carbocycles. The van der Waals surface area contributed by atoms with Crippen LogP contribution in [0.25, 0.3) is 0 Å². The van der Waals surface area contributed by atoms with Crippen molar-refractivity contribution in [1.29, 1.82) is 0 Å². The molecule has 2 aromatic rings. The highest BCUT2D eigenvalue weighted by Crippen LogP contribution is 2.38. The minimum Gasteiger partial charge on any atom is -0.469 e. The lowest BCUT2D eigenvalue weighted by Gasteiger charge is -2.28. The molecule has 0 aromatic carbocycles. The molecule has 2 aromatic heterocycles. The van der Waals surface area contributed by atoms with Crippen LogP contribution in [0.5, 0.6) is 0 Å². The van der Waals surface area contributed by atoms with E-state index in [1.54, 1.807) is 6.20 Å². The number of nitrogens with zero attached hydrogens (tertiary/aromatic N) is 3. The molecule has 2 atom stereocenters. The van der Waals surface area contributed by atoms with E-state index in [2.05, 4.69) is 45.0 Å². The zero-order chi connectivity index (χ0) is 18.5. The van der Waals surface area contributed by atoms with Crippen LogP contribution in [0.15, 0.2) is 42.7 Å². The molecule has 1 fully saturated rings. The van der Waals surface area contributed by atoms with E-state index in [1.165, 1.54) is 12.8 Å². The number of hydrogen-bond donors (Lipinski definition) is 1. The zero-order valence-corrected chi connectivity index (χ0v) is 15.9. The third-order valence-corrected chi connectivity index (χ3v) is 5.07. The second-order valence-electron chi connectivity index (χ2n) is 6.22. The molecule has 3 rings (SSSR count). The number of carbonyl (C=O) groups excluding carboxylic acids is 1. The van der Waals surface area contributed by atoms with Crippen LogP contribution in [0.2, 0.25) is 0 Å². The van der Waals surface area contributed by atoms with Crippen molar-refractivity contribution in [2.24, 2.45) is 0 Å². The smallest absolute Gasteiger partial charge is 0.305 e. The number of hydrogen-bond acceptors (Lipinski definition) is 4. The summed E-state index contributed by atoms with van der Waals surface area (Å²) in [6.45, 7) is 3.70. The van der Waals surface area contributed by atoms with Crippen LogP contribution in [0.1, 0.15) is 43.2 Å². The number of esters is 1. The maximum atomic E-state index is 11.5. The van der Waals surface area contributed by atoms with Gasteiger partial charge in [-0.1, -0.05) is 6.07 Å². The minimum atomic E-state index is -0.196. The average molecular weight is 372 g/mol. The van der Waals surface area contributed by atoms with Crippen molar-refractivity contribution in [1.82, 2.24) is 19.8 Å². The Kier molecular flexibility index (Phi) is 5.88. The summed E-state index contributed by atoms with van der Waals surface area (Å²) in [5, 5.41) is 4.12. The second-order valence-corrected chi connectivity index (χ2v) is 6.61. The number of rotatable bonds is 7. The zero-order valence-electron chi connectivity index (χ0n) is 15.1. The highest BCUT2D eigenvalue weighted by atomic mass is 32.1. The van der Waals surface area contributed by atoms with Gasteiger partial charge in [-0.2, -0.15) is 0 Å². The van der Waals surface area contributed by atoms with Gasteiger partial charge < -0.3 is 19.5 Å². The van der Waals surface area contributed by atoms with E-state index in [0.29, 0.717) is 24.5 Å². The summed E-state index contributed by atoms with van der Waals surface area (Å²) in [5.74, 6) is -0.196. The number of ether oxygens (including phenoxy) is 1. The van der Waals surface area contributed by atoms with Crippen molar-refractivity contribution < 1.29 is 9.53 Å². The highest BCUT2D eigenvalue weighted by molar-refractivity contribution is 7.80. The van der Waals surface area contributed by atoms with Gasteiger partial charge in [-0.15, -0.1) is 0 Å². The maximum Gasteiger partial charge on any atom is 0.305 e. The molecule has 1 aliphatic heterocycles. The van der Waals surface area contributed by atoms with E-state index in [1.807, 2.05) is 18.2 Å². The SMILES string of the molecule is CCn1cccc1C1C(c2ccccn2)NC(=S)N1CCCC(=O)OC. The minimum absolute atomic E-state index is 0.0259. The normalized spacial score (nSPS) is 19.5. The van der Waals surface area contributed by atoms with Crippen LogP contribution in [-0.4, -0.2) is 39.2 Å². The van der Waals surface area contributed by atoms with Gasteiger partial charge in [-0.05, 0) is 49.8 Å². The first-order valence-corrected chi connectivity index (χ1v) is 9.26. The summed E-state index contributed by atoms with van der Waals surface area (Å²) in [6.07, 6.45) is 4.95. The highest BCUT2D eigenvalue weighted by Gasteiger charge is 2.40. The lowest BCUT2D eigenvalue weighted by molar-refractivity contribution is -0.140. The predicted molar refractivity (Wildman–Crippen MR) is 104 cm³/mol. The van der Waals surface area contributed by atoms with E-state index in [9.17, 15) is 4.79 Å². The van der Waals surface area contributed by atoms with Crippen molar-refractivity contribution in [3.63, 3.8) is 0 Å². The number of aryl methyl sites for hydroxylation is 1. The van der Waals surface area contributed by atoms with E-state index in [4.69, 9.17) is 17.0 Å². The maximum absolute atomic E-state index is 11.5. The number of methoxy groups -OCH3 is 1. The molecule has 0 radical (unpaired) electrons. The molecule has 1 saturated heterocycles. The standard InChI is InChI=1S/C19H24N4O2S/c1-3-22-12-6-9-15(22)18-17(14-8-4-5-11-20-14)21-19(26)23(18)13-7-10-16(24)25-2/h4-6,8-9,11-12,17-18H,3,7,10,13H2,1-2H3,(H,21,26). The van der Waals surface area contributed by atoms with Crippen LogP contribution >= 0.6 is 12.2 Å². The van der Waals surface area contributed by atoms with Crippen LogP contribution in [0, 0.1) is 0 Å². The van der Waals surface area contributed by atoms with E-state index >= 15 is 0 Å². The third-order valence-electron chi connectivity index (χ3n) is 4.71. The van der Waals surface area contributed by atoms with Gasteiger partial charge in [0.25, 0.3) is 0 Å². The van der Waals surface area contributed by atoms with Crippen molar-refractivity contribution >= 4 is 23.3 Å². The van der Waals surface area contributed by atoms with E-state index in [0.717, 1.165) is 12.2 Å². The Hall–Kier alpha value is -2.41. The first-order chi connectivity index (χ1) is 12.7. The lowest BCUT2D eigenvalue weighted by Crippen LogP contribution is -2.31. The Morgan fingerprint density at radius 3 is 2.88 bits per heavy atom. The van der Waals surface area contributed by atoms with Gasteiger partial charge in [0, 0.05) is 37.6 Å². The molecule has 2 unspecified atom stereocenters. The fourth-order valence-corrected chi connectivity index (χ4v) is 3.78. The quantitative estimate of drug-likeness (QED) is 0.596. The Morgan fingerprint density at radius 2 is 2.19 bits per heavy atom. The van der Waals surface area contributed by atoms with Crippen LogP contribution in [0.4, 0.5) is 0 Å². The molecule has 6 nitrogen and oxygen atoms in total. The predicted octanol–water partition coefficient (Wildman–Crippen LogP) is 2.83. The topological polar surface area (TPSA) is 59.4 Å². The Bertz CT molecular complexity index is 762. The molecule has 1 N–H and O–H groups in total. The summed E-state index contributed by atoms with van der Waals surface area (Å²) >= 11 is 5.62. The molecular formula is C19H24N4O2S. The molecule has 0 bridgehead atoms. The van der Waals surface area contributed by atoms with Crippen LogP contribution in [0.3, 0.4) is 0 Å². The van der Waals surface area contributed by atoms with Gasteiger partial charge >= 0.3 is 5.97 Å². The molecule has 7 heteroatoms. The Balaban J connectivity index is 1.89. The summed E-state index contributed by atoms with van der Waals surface area (Å²) < 4.78 is 6.97. The van der Waals surface area contributed by atoms with Gasteiger partial charge in [0.05, 0.1) is 24.9 Å². The molecular weight excluding hydrogens is 348 g/mol. The van der Waals surface area contributed by atoms with Crippen molar-refractivity contribution in [2.75, 3.05) is 13.7 Å². The van der Waals surface area contributed by atoms with E-state index < -0.39 is 0 Å². The van der Waals surface area contributed by atoms with Crippen molar-refractivity contribution in [3.05, 3.63) is 54.1 Å². The largest absolute Gasteiger partial charge is 0.469 e. The first kappa shape index (κ1) is 18.4. The van der Waals surface area contributed by atoms with Crippen LogP contribution < -0.4 is 5.32 Å². The summed E-state index contributed by atoms with van der Waals surface area (Å²) in [6, 6.07) is 10.1. The van der Waals surface area contributed by atoms with Gasteiger partial charge in [0.1, 0.15) is 0 Å². The Morgan fingerprint density at radius 1 is 1.35 bits per heavy atom. The lowest BCUT2D eigenvalue weighted by atomic mass is 10.0. The second kappa shape index (κ2) is 8.31. The molecule has 3 heterocycles. The molecule has 138 valence electrons. The number of thiocarbonyl (C=S) groups is 1. The fourth-order valence-electron chi connectivity index (χ4n) is 3.45. The summed E-state index contributed by atoms with van der Waals surface area (Å²) in [4.78, 5) is 18.2. The molecule has 0 aliphatic carbocycles. The number of pyridine rings is 1. The third kappa shape index (κ3) is 3.72. The van der Waals surface area contributed by atoms with Gasteiger partial charge in [0.2, 0.25) is 0 Å². The molecule has 0 spiro atoms. The fraction of sp³-hybridized carbons (Fsp3) is 0.421. The van der Waals surface area contributed by atoms with Crippen LogP contribution in [-0.2, 0) is 16.1 Å². The molecule has 1 aliphatic rings. The number of nitrogens with one attached hydrogen (secondary N) is 1. The number of aromatic nitrogens is 2. The molecule has 0 amide bonds. The van der Waals surface area contributed by atoms with Crippen molar-refractivity contribution in [2.45, 2.75) is 38.4 Å². The van der Waals surface area contributed by atoms with E-state index in [-0.39, 0.29) is 18.1 Å². The van der Waals surface area contributed by atoms with Gasteiger partial charge in [0.15, 0.2) is 5.11 Å².